The van der Waals surface area contributed by atoms with E-state index in [4.69, 9.17) is 14.5 Å². The average Bonchev–Trinajstić information content (AvgIpc) is 2.18. The van der Waals surface area contributed by atoms with Gasteiger partial charge in [-0.25, -0.2) is 4.57 Å². The van der Waals surface area contributed by atoms with Crippen molar-refractivity contribution in [1.82, 2.24) is 0 Å². The van der Waals surface area contributed by atoms with Crippen LogP contribution in [0.1, 0.15) is 54.9 Å². The zero-order valence-electron chi connectivity index (χ0n) is 14.1. The van der Waals surface area contributed by atoms with Crippen molar-refractivity contribution < 1.29 is 28.4 Å². The second kappa shape index (κ2) is 6.78. The van der Waals surface area contributed by atoms with Crippen LogP contribution < -0.4 is 0 Å². The lowest BCUT2D eigenvalue weighted by Gasteiger charge is -2.43. The maximum absolute atomic E-state index is 12.4. The second-order valence-corrected chi connectivity index (χ2v) is 9.02. The normalized spacial score (nSPS) is 16.4. The van der Waals surface area contributed by atoms with E-state index in [-0.39, 0.29) is 30.0 Å². The molecule has 0 amide bonds. The smallest absolute Gasteiger partial charge is 0.463 e. The van der Waals surface area contributed by atoms with Gasteiger partial charge in [-0.3, -0.25) is 9.32 Å². The summed E-state index contributed by atoms with van der Waals surface area (Å²) in [6, 6.07) is 0. The molecule has 0 saturated heterocycles. The van der Waals surface area contributed by atoms with Gasteiger partial charge in [0.05, 0.1) is 12.0 Å². The number of carbonyl (C=O) groups is 1. The van der Waals surface area contributed by atoms with E-state index in [1.165, 1.54) is 0 Å². The molecular formula is C14H29O6P. The Bertz CT molecular complexity index is 401. The van der Waals surface area contributed by atoms with Crippen LogP contribution in [-0.2, 0) is 18.6 Å². The highest BCUT2D eigenvalue weighted by molar-refractivity contribution is 7.46. The van der Waals surface area contributed by atoms with Crippen LogP contribution in [0.3, 0.4) is 0 Å². The standard InChI is InChI=1S/C14H29O6P/c1-12(2,3)10-14(7,13(4,5)6)11(15)19-8-9-20-21(16,17)18/h8-10H2,1-7H3,(H2,16,17,18). The number of phosphoric ester groups is 1. The Hall–Kier alpha value is -0.420. The molecule has 6 nitrogen and oxygen atoms in total. The zero-order chi connectivity index (χ0) is 17.1. The number of rotatable bonds is 6. The first-order valence-electron chi connectivity index (χ1n) is 6.96. The topological polar surface area (TPSA) is 93.1 Å². The highest BCUT2D eigenvalue weighted by atomic mass is 31.2. The van der Waals surface area contributed by atoms with Gasteiger partial charge in [0, 0.05) is 0 Å². The molecule has 7 heteroatoms. The Morgan fingerprint density at radius 1 is 1.00 bits per heavy atom. The fourth-order valence-electron chi connectivity index (χ4n) is 2.15. The van der Waals surface area contributed by atoms with Crippen molar-refractivity contribution in [2.75, 3.05) is 13.2 Å². The number of ether oxygens (including phenoxy) is 1. The van der Waals surface area contributed by atoms with E-state index in [0.717, 1.165) is 0 Å². The van der Waals surface area contributed by atoms with E-state index in [1.807, 2.05) is 27.7 Å². The molecule has 1 atom stereocenters. The molecular weight excluding hydrogens is 295 g/mol. The Morgan fingerprint density at radius 3 is 1.81 bits per heavy atom. The summed E-state index contributed by atoms with van der Waals surface area (Å²) in [5.74, 6) is -0.376. The van der Waals surface area contributed by atoms with Crippen molar-refractivity contribution in [3.8, 4) is 0 Å². The summed E-state index contributed by atoms with van der Waals surface area (Å²) in [7, 11) is -4.52. The molecule has 0 aliphatic rings. The molecule has 0 aromatic carbocycles. The molecule has 0 saturated carbocycles. The predicted octanol–water partition coefficient (Wildman–Crippen LogP) is 3.13. The molecule has 126 valence electrons. The lowest BCUT2D eigenvalue weighted by molar-refractivity contribution is -0.165. The molecule has 0 radical (unpaired) electrons. The van der Waals surface area contributed by atoms with Gasteiger partial charge in [-0.1, -0.05) is 41.5 Å². The van der Waals surface area contributed by atoms with Crippen LogP contribution >= 0.6 is 7.82 Å². The van der Waals surface area contributed by atoms with Gasteiger partial charge in [-0.05, 0) is 24.2 Å². The van der Waals surface area contributed by atoms with Crippen molar-refractivity contribution in [1.29, 1.82) is 0 Å². The Kier molecular flexibility index (Phi) is 6.64. The van der Waals surface area contributed by atoms with Gasteiger partial charge in [0.2, 0.25) is 0 Å². The van der Waals surface area contributed by atoms with E-state index in [1.54, 1.807) is 0 Å². The van der Waals surface area contributed by atoms with Crippen LogP contribution in [0.2, 0.25) is 0 Å². The molecule has 0 rings (SSSR count). The van der Waals surface area contributed by atoms with Crippen LogP contribution in [-0.4, -0.2) is 29.0 Å². The van der Waals surface area contributed by atoms with Crippen molar-refractivity contribution in [3.05, 3.63) is 0 Å². The number of esters is 1. The lowest BCUT2D eigenvalue weighted by atomic mass is 9.61. The lowest BCUT2D eigenvalue weighted by Crippen LogP contribution is -2.44. The van der Waals surface area contributed by atoms with Crippen molar-refractivity contribution in [2.24, 2.45) is 16.2 Å². The van der Waals surface area contributed by atoms with Crippen molar-refractivity contribution in [3.63, 3.8) is 0 Å². The first kappa shape index (κ1) is 20.6. The fraction of sp³-hybridized carbons (Fsp3) is 0.929. The van der Waals surface area contributed by atoms with E-state index >= 15 is 0 Å². The zero-order valence-corrected chi connectivity index (χ0v) is 15.0. The molecule has 0 heterocycles. The second-order valence-electron chi connectivity index (χ2n) is 7.78. The first-order chi connectivity index (χ1) is 9.08. The quantitative estimate of drug-likeness (QED) is 0.443. The summed E-state index contributed by atoms with van der Waals surface area (Å²) in [5.41, 5.74) is -1.06. The van der Waals surface area contributed by atoms with Gasteiger partial charge < -0.3 is 14.5 Å². The third-order valence-electron chi connectivity index (χ3n) is 3.57. The van der Waals surface area contributed by atoms with Crippen LogP contribution in [0, 0.1) is 16.2 Å². The minimum absolute atomic E-state index is 0.0521. The number of phosphoric acid groups is 1. The van der Waals surface area contributed by atoms with E-state index < -0.39 is 13.2 Å². The van der Waals surface area contributed by atoms with Crippen LogP contribution in [0.25, 0.3) is 0 Å². The van der Waals surface area contributed by atoms with Gasteiger partial charge in [0.1, 0.15) is 6.61 Å². The molecule has 0 fully saturated rings. The summed E-state index contributed by atoms with van der Waals surface area (Å²) >= 11 is 0. The number of hydrogen-bond acceptors (Lipinski definition) is 4. The average molecular weight is 324 g/mol. The summed E-state index contributed by atoms with van der Waals surface area (Å²) in [4.78, 5) is 29.6. The molecule has 0 spiro atoms. The minimum atomic E-state index is -4.52. The van der Waals surface area contributed by atoms with E-state index in [9.17, 15) is 9.36 Å². The van der Waals surface area contributed by atoms with Crippen molar-refractivity contribution in [2.45, 2.75) is 54.9 Å². The molecule has 0 aliphatic heterocycles. The van der Waals surface area contributed by atoms with Gasteiger partial charge in [-0.15, -0.1) is 0 Å². The highest BCUT2D eigenvalue weighted by Gasteiger charge is 2.47. The van der Waals surface area contributed by atoms with Gasteiger partial charge in [0.25, 0.3) is 0 Å². The first-order valence-corrected chi connectivity index (χ1v) is 8.49. The van der Waals surface area contributed by atoms with Gasteiger partial charge in [0.15, 0.2) is 0 Å². The monoisotopic (exact) mass is 324 g/mol. The molecule has 0 aliphatic carbocycles. The van der Waals surface area contributed by atoms with Crippen LogP contribution in [0.15, 0.2) is 0 Å². The third-order valence-corrected chi connectivity index (χ3v) is 4.08. The molecule has 0 aromatic rings. The number of carbonyl (C=O) groups excluding carboxylic acids is 1. The van der Waals surface area contributed by atoms with Crippen molar-refractivity contribution >= 4 is 13.8 Å². The molecule has 21 heavy (non-hydrogen) atoms. The van der Waals surface area contributed by atoms with Crippen LogP contribution in [0.5, 0.6) is 0 Å². The SMILES string of the molecule is CC(C)(C)CC(C)(C(=O)OCCOP(=O)(O)O)C(C)(C)C. The minimum Gasteiger partial charge on any atom is -0.463 e. The summed E-state index contributed by atoms with van der Waals surface area (Å²) in [6.07, 6.45) is 0.641. The summed E-state index contributed by atoms with van der Waals surface area (Å²) in [5, 5.41) is 0. The summed E-state index contributed by atoms with van der Waals surface area (Å²) in [6.45, 7) is 13.5. The maximum atomic E-state index is 12.4. The predicted molar refractivity (Wildman–Crippen MR) is 80.6 cm³/mol. The molecule has 2 N–H and O–H groups in total. The van der Waals surface area contributed by atoms with Gasteiger partial charge in [-0.2, -0.15) is 0 Å². The van der Waals surface area contributed by atoms with Gasteiger partial charge >= 0.3 is 13.8 Å². The summed E-state index contributed by atoms with van der Waals surface area (Å²) < 4.78 is 20.0. The van der Waals surface area contributed by atoms with Crippen LogP contribution in [0.4, 0.5) is 0 Å². The molecule has 0 aromatic heterocycles. The fourth-order valence-corrected chi connectivity index (χ4v) is 2.47. The van der Waals surface area contributed by atoms with E-state index in [2.05, 4.69) is 25.3 Å². The third kappa shape index (κ3) is 7.41. The molecule has 0 bridgehead atoms. The highest BCUT2D eigenvalue weighted by Crippen LogP contribution is 2.47. The number of hydrogen-bond donors (Lipinski definition) is 2. The van der Waals surface area contributed by atoms with E-state index in [0.29, 0.717) is 6.42 Å². The largest absolute Gasteiger partial charge is 0.469 e. The maximum Gasteiger partial charge on any atom is 0.469 e. The molecule has 1 unspecified atom stereocenters. The Balaban J connectivity index is 4.80. The Morgan fingerprint density at radius 2 is 1.48 bits per heavy atom. The Labute approximate surface area is 127 Å².